The number of aromatic nitrogens is 2. The van der Waals surface area contributed by atoms with Gasteiger partial charge in [-0.25, -0.2) is 14.4 Å². The van der Waals surface area contributed by atoms with E-state index in [2.05, 4.69) is 52.3 Å². The molecule has 4 rings (SSSR count). The Hall–Kier alpha value is -3.91. The number of hydrogen-bond acceptors (Lipinski definition) is 7. The molecular formula is C27H33F9N4O7. The van der Waals surface area contributed by atoms with Crippen molar-refractivity contribution in [2.24, 2.45) is 7.05 Å². The second-order valence-corrected chi connectivity index (χ2v) is 10.4. The maximum atomic E-state index is 10.6. The second-order valence-electron chi connectivity index (χ2n) is 10.4. The van der Waals surface area contributed by atoms with Crippen LogP contribution in [-0.2, 0) is 39.3 Å². The number of likely N-dealkylation sites (tertiary alicyclic amines) is 1. The zero-order valence-electron chi connectivity index (χ0n) is 25.0. The Kier molecular flexibility index (Phi) is 15.1. The number of morpholine rings is 1. The number of ether oxygens (including phenoxy) is 1. The largest absolute Gasteiger partial charge is 0.490 e. The summed E-state index contributed by atoms with van der Waals surface area (Å²) in [4.78, 5) is 31.8. The van der Waals surface area contributed by atoms with E-state index in [-0.39, 0.29) is 5.60 Å². The molecule has 0 radical (unpaired) electrons. The Labute approximate surface area is 262 Å². The predicted molar refractivity (Wildman–Crippen MR) is 144 cm³/mol. The molecule has 2 aromatic rings. The van der Waals surface area contributed by atoms with E-state index < -0.39 is 36.4 Å². The van der Waals surface area contributed by atoms with Crippen molar-refractivity contribution in [1.82, 2.24) is 19.6 Å². The lowest BCUT2D eigenvalue weighted by atomic mass is 9.89. The molecule has 2 aliphatic rings. The van der Waals surface area contributed by atoms with Crippen molar-refractivity contribution in [1.29, 1.82) is 0 Å². The Morgan fingerprint density at radius 1 is 0.766 bits per heavy atom. The number of benzene rings is 1. The van der Waals surface area contributed by atoms with E-state index in [1.807, 2.05) is 17.9 Å². The van der Waals surface area contributed by atoms with Crippen molar-refractivity contribution in [2.45, 2.75) is 57.0 Å². The van der Waals surface area contributed by atoms with Crippen LogP contribution in [0.15, 0.2) is 36.7 Å². The number of halogens is 9. The van der Waals surface area contributed by atoms with Crippen molar-refractivity contribution >= 4 is 17.9 Å². The fourth-order valence-electron chi connectivity index (χ4n) is 4.24. The Morgan fingerprint density at radius 3 is 1.57 bits per heavy atom. The van der Waals surface area contributed by atoms with E-state index in [0.717, 1.165) is 58.7 Å². The third kappa shape index (κ3) is 16.0. The molecule has 0 atom stereocenters. The van der Waals surface area contributed by atoms with Crippen LogP contribution in [0.1, 0.15) is 29.5 Å². The van der Waals surface area contributed by atoms with Crippen LogP contribution in [0.2, 0.25) is 0 Å². The summed E-state index contributed by atoms with van der Waals surface area (Å²) in [5.74, 6) is -8.27. The highest BCUT2D eigenvalue weighted by Crippen LogP contribution is 2.31. The third-order valence-corrected chi connectivity index (χ3v) is 6.51. The van der Waals surface area contributed by atoms with Gasteiger partial charge in [0, 0.05) is 58.1 Å². The van der Waals surface area contributed by atoms with E-state index in [0.29, 0.717) is 0 Å². The minimum Gasteiger partial charge on any atom is -0.475 e. The van der Waals surface area contributed by atoms with Gasteiger partial charge in [0.25, 0.3) is 0 Å². The normalized spacial score (nSPS) is 16.8. The van der Waals surface area contributed by atoms with E-state index in [4.69, 9.17) is 34.4 Å². The molecule has 47 heavy (non-hydrogen) atoms. The lowest BCUT2D eigenvalue weighted by Gasteiger charge is -2.47. The monoisotopic (exact) mass is 696 g/mol. The first-order valence-corrected chi connectivity index (χ1v) is 13.5. The fraction of sp³-hybridized carbons (Fsp3) is 0.556. The lowest BCUT2D eigenvalue weighted by Crippen LogP contribution is -2.56. The molecule has 266 valence electrons. The zero-order chi connectivity index (χ0) is 36.2. The first kappa shape index (κ1) is 41.1. The average molecular weight is 697 g/mol. The summed E-state index contributed by atoms with van der Waals surface area (Å²) in [6, 6.07) is 8.94. The van der Waals surface area contributed by atoms with Crippen LogP contribution in [-0.4, -0.2) is 110 Å². The highest BCUT2D eigenvalue weighted by molar-refractivity contribution is 5.73. The van der Waals surface area contributed by atoms with Crippen LogP contribution in [0.4, 0.5) is 39.5 Å². The van der Waals surface area contributed by atoms with E-state index in [1.54, 1.807) is 0 Å². The van der Waals surface area contributed by atoms with Gasteiger partial charge in [0.2, 0.25) is 0 Å². The van der Waals surface area contributed by atoms with Gasteiger partial charge in [0.1, 0.15) is 0 Å². The van der Waals surface area contributed by atoms with Gasteiger partial charge in [-0.15, -0.1) is 0 Å². The number of hydrogen-bond donors (Lipinski definition) is 3. The SMILES string of the molecule is Cc1ccc(CN2CCOC3(CCN(Cc4cnn(C)c4)CC3)C2)cc1.O=C(O)C(F)(F)F.O=C(O)C(F)(F)F.O=C(O)C(F)(F)F. The Morgan fingerprint density at radius 2 is 1.19 bits per heavy atom. The van der Waals surface area contributed by atoms with Crippen molar-refractivity contribution < 1.29 is 74.0 Å². The summed E-state index contributed by atoms with van der Waals surface area (Å²) >= 11 is 0. The molecule has 0 aliphatic carbocycles. The molecule has 0 bridgehead atoms. The number of alkyl halides is 9. The Balaban J connectivity index is 0.000000430. The molecule has 1 aromatic carbocycles. The van der Waals surface area contributed by atoms with Crippen molar-refractivity contribution in [3.05, 3.63) is 53.3 Å². The minimum absolute atomic E-state index is 0.0500. The van der Waals surface area contributed by atoms with Gasteiger partial charge in [-0.05, 0) is 25.3 Å². The standard InChI is InChI=1S/C21H30N4O.3C2HF3O2/c1-18-3-5-19(6-4-18)15-25-11-12-26-21(17-25)7-9-24(10-8-21)16-20-13-22-23(2)14-20;3*3-2(4,5)1(6)7/h3-6,13-14H,7-12,15-17H2,1-2H3;3*(H,6,7). The minimum atomic E-state index is -5.08. The molecule has 0 saturated carbocycles. The van der Waals surface area contributed by atoms with Crippen LogP contribution < -0.4 is 0 Å². The molecule has 0 unspecified atom stereocenters. The number of aryl methyl sites for hydroxylation is 2. The molecule has 3 heterocycles. The zero-order valence-corrected chi connectivity index (χ0v) is 25.0. The van der Waals surface area contributed by atoms with Crippen molar-refractivity contribution in [3.63, 3.8) is 0 Å². The van der Waals surface area contributed by atoms with Gasteiger partial charge < -0.3 is 20.1 Å². The molecular weight excluding hydrogens is 663 g/mol. The van der Waals surface area contributed by atoms with Gasteiger partial charge in [0.05, 0.1) is 18.4 Å². The van der Waals surface area contributed by atoms with Crippen LogP contribution in [0, 0.1) is 6.92 Å². The van der Waals surface area contributed by atoms with Gasteiger partial charge in [-0.3, -0.25) is 14.5 Å². The van der Waals surface area contributed by atoms with Crippen molar-refractivity contribution in [3.8, 4) is 0 Å². The predicted octanol–water partition coefficient (Wildman–Crippen LogP) is 4.50. The van der Waals surface area contributed by atoms with E-state index in [1.165, 1.54) is 16.7 Å². The van der Waals surface area contributed by atoms with Crippen LogP contribution >= 0.6 is 0 Å². The highest BCUT2D eigenvalue weighted by Gasteiger charge is 2.40. The topological polar surface area (TPSA) is 145 Å². The summed E-state index contributed by atoms with van der Waals surface area (Å²) in [6.45, 7) is 9.33. The molecule has 3 N–H and O–H groups in total. The van der Waals surface area contributed by atoms with Crippen LogP contribution in [0.3, 0.4) is 0 Å². The fourth-order valence-corrected chi connectivity index (χ4v) is 4.24. The second kappa shape index (κ2) is 17.3. The van der Waals surface area contributed by atoms with Gasteiger partial charge >= 0.3 is 36.4 Å². The third-order valence-electron chi connectivity index (χ3n) is 6.51. The first-order valence-electron chi connectivity index (χ1n) is 13.5. The molecule has 1 aromatic heterocycles. The van der Waals surface area contributed by atoms with Gasteiger partial charge in [-0.1, -0.05) is 29.8 Å². The summed E-state index contributed by atoms with van der Waals surface area (Å²) in [5.41, 5.74) is 4.08. The van der Waals surface area contributed by atoms with E-state index >= 15 is 0 Å². The van der Waals surface area contributed by atoms with E-state index in [9.17, 15) is 39.5 Å². The summed E-state index contributed by atoms with van der Waals surface area (Å²) < 4.78 is 103. The summed E-state index contributed by atoms with van der Waals surface area (Å²) in [5, 5.41) is 25.7. The molecule has 1 spiro atoms. The number of carbonyl (C=O) groups is 3. The quantitative estimate of drug-likeness (QED) is 0.391. The number of aliphatic carboxylic acids is 3. The maximum Gasteiger partial charge on any atom is 0.490 e. The Bertz CT molecular complexity index is 1230. The number of carboxylic acids is 3. The van der Waals surface area contributed by atoms with Crippen molar-refractivity contribution in [2.75, 3.05) is 32.8 Å². The highest BCUT2D eigenvalue weighted by atomic mass is 19.4. The van der Waals surface area contributed by atoms with Crippen LogP contribution in [0.25, 0.3) is 0 Å². The number of carboxylic acid groups (broad SMARTS) is 3. The molecule has 11 nitrogen and oxygen atoms in total. The van der Waals surface area contributed by atoms with Crippen LogP contribution in [0.5, 0.6) is 0 Å². The average Bonchev–Trinajstić information content (AvgIpc) is 3.35. The summed E-state index contributed by atoms with van der Waals surface area (Å²) in [7, 11) is 1.98. The molecule has 0 amide bonds. The number of piperidine rings is 1. The number of rotatable bonds is 4. The molecule has 2 aliphatic heterocycles. The smallest absolute Gasteiger partial charge is 0.475 e. The molecule has 20 heteroatoms. The molecule has 2 saturated heterocycles. The van der Waals surface area contributed by atoms with Gasteiger partial charge in [0.15, 0.2) is 0 Å². The number of nitrogens with zero attached hydrogens (tertiary/aromatic N) is 4. The first-order chi connectivity index (χ1) is 21.4. The molecule has 2 fully saturated rings. The lowest BCUT2D eigenvalue weighted by molar-refractivity contribution is -0.193. The van der Waals surface area contributed by atoms with Gasteiger partial charge in [-0.2, -0.15) is 44.6 Å². The maximum absolute atomic E-state index is 10.6. The summed E-state index contributed by atoms with van der Waals surface area (Å²) in [6.07, 6.45) is -8.91.